The lowest BCUT2D eigenvalue weighted by Crippen LogP contribution is -2.29. The van der Waals surface area contributed by atoms with Crippen LogP contribution in [0.25, 0.3) is 10.2 Å². The first-order valence-corrected chi connectivity index (χ1v) is 6.29. The first-order valence-electron chi connectivity index (χ1n) is 4.88. The van der Waals surface area contributed by atoms with Gasteiger partial charge in [-0.05, 0) is 11.4 Å². The molecule has 0 aliphatic rings. The third-order valence-corrected chi connectivity index (χ3v) is 3.42. The van der Waals surface area contributed by atoms with Gasteiger partial charge in [-0.15, -0.1) is 22.9 Å². The predicted molar refractivity (Wildman–Crippen MR) is 67.4 cm³/mol. The summed E-state index contributed by atoms with van der Waals surface area (Å²) in [6.07, 6.45) is 0. The zero-order chi connectivity index (χ0) is 12.4. The van der Waals surface area contributed by atoms with Crippen molar-refractivity contribution < 1.29 is 4.79 Å². The standard InChI is InChI=1S/C10H10ClN3O2S/c1-14(8(15)4-11)5-7-12-6-2-3-17-9(6)10(16)13-7/h2-3H,4-5H2,1H3,(H,12,13,16). The Morgan fingerprint density at radius 3 is 3.12 bits per heavy atom. The Morgan fingerprint density at radius 2 is 2.41 bits per heavy atom. The molecule has 7 heteroatoms. The number of halogens is 1. The number of carbonyl (C=O) groups excluding carboxylic acids is 1. The van der Waals surface area contributed by atoms with Crippen LogP contribution in [-0.4, -0.2) is 33.7 Å². The Bertz CT molecular complexity index is 607. The monoisotopic (exact) mass is 271 g/mol. The molecule has 0 aliphatic carbocycles. The second kappa shape index (κ2) is 4.85. The fourth-order valence-corrected chi connectivity index (χ4v) is 2.34. The average Bonchev–Trinajstić information content (AvgIpc) is 2.76. The molecule has 1 N–H and O–H groups in total. The van der Waals surface area contributed by atoms with E-state index in [1.165, 1.54) is 16.2 Å². The summed E-state index contributed by atoms with van der Waals surface area (Å²) in [7, 11) is 1.61. The Balaban J connectivity index is 2.30. The largest absolute Gasteiger partial charge is 0.337 e. The average molecular weight is 272 g/mol. The van der Waals surface area contributed by atoms with E-state index < -0.39 is 0 Å². The van der Waals surface area contributed by atoms with Crippen LogP contribution in [0.15, 0.2) is 16.2 Å². The first-order chi connectivity index (χ1) is 8.11. The SMILES string of the molecule is CN(Cc1nc2ccsc2c(=O)[nH]1)C(=O)CCl. The number of fused-ring (bicyclic) bond motifs is 1. The van der Waals surface area contributed by atoms with E-state index in [-0.39, 0.29) is 23.9 Å². The van der Waals surface area contributed by atoms with Gasteiger partial charge >= 0.3 is 0 Å². The quantitative estimate of drug-likeness (QED) is 0.853. The Labute approximate surface area is 106 Å². The minimum absolute atomic E-state index is 0.0819. The molecule has 0 saturated heterocycles. The summed E-state index contributed by atoms with van der Waals surface area (Å²) >= 11 is 6.78. The van der Waals surface area contributed by atoms with Crippen LogP contribution in [0.5, 0.6) is 0 Å². The highest BCUT2D eigenvalue weighted by Crippen LogP contribution is 2.13. The van der Waals surface area contributed by atoms with Crippen molar-refractivity contribution in [2.75, 3.05) is 12.9 Å². The van der Waals surface area contributed by atoms with Gasteiger partial charge in [-0.1, -0.05) is 0 Å². The Kier molecular flexibility index (Phi) is 3.44. The molecule has 2 aromatic heterocycles. The number of H-pyrrole nitrogens is 1. The van der Waals surface area contributed by atoms with Gasteiger partial charge in [0.2, 0.25) is 5.91 Å². The summed E-state index contributed by atoms with van der Waals surface area (Å²) in [5, 5.41) is 1.81. The minimum atomic E-state index is -0.209. The molecule has 2 heterocycles. The molecule has 0 fully saturated rings. The van der Waals surface area contributed by atoms with Crippen LogP contribution in [0.2, 0.25) is 0 Å². The van der Waals surface area contributed by atoms with E-state index in [0.29, 0.717) is 16.0 Å². The second-order valence-corrected chi connectivity index (χ2v) is 4.71. The molecule has 0 atom stereocenters. The molecule has 17 heavy (non-hydrogen) atoms. The predicted octanol–water partition coefficient (Wildman–Crippen LogP) is 1.18. The van der Waals surface area contributed by atoms with Gasteiger partial charge in [0.05, 0.1) is 12.1 Å². The Morgan fingerprint density at radius 1 is 1.65 bits per heavy atom. The molecule has 2 rings (SSSR count). The minimum Gasteiger partial charge on any atom is -0.337 e. The van der Waals surface area contributed by atoms with Crippen LogP contribution in [0.4, 0.5) is 0 Å². The number of aromatic amines is 1. The third kappa shape index (κ3) is 2.48. The molecular formula is C10H10ClN3O2S. The smallest absolute Gasteiger partial charge is 0.268 e. The van der Waals surface area contributed by atoms with Crippen molar-refractivity contribution in [2.24, 2.45) is 0 Å². The maximum atomic E-state index is 11.7. The first kappa shape index (κ1) is 12.1. The summed E-state index contributed by atoms with van der Waals surface area (Å²) < 4.78 is 0.597. The van der Waals surface area contributed by atoms with Crippen molar-refractivity contribution in [3.63, 3.8) is 0 Å². The number of nitrogens with zero attached hydrogens (tertiary/aromatic N) is 2. The van der Waals surface area contributed by atoms with E-state index in [1.54, 1.807) is 13.1 Å². The number of rotatable bonds is 3. The van der Waals surface area contributed by atoms with E-state index in [2.05, 4.69) is 9.97 Å². The lowest BCUT2D eigenvalue weighted by atomic mass is 10.4. The van der Waals surface area contributed by atoms with Gasteiger partial charge < -0.3 is 9.88 Å². The van der Waals surface area contributed by atoms with Crippen molar-refractivity contribution >= 4 is 39.1 Å². The highest BCUT2D eigenvalue weighted by atomic mass is 35.5. The lowest BCUT2D eigenvalue weighted by Gasteiger charge is -2.14. The van der Waals surface area contributed by atoms with Gasteiger partial charge in [-0.25, -0.2) is 4.98 Å². The maximum Gasteiger partial charge on any atom is 0.268 e. The molecule has 0 aromatic carbocycles. The molecule has 0 aliphatic heterocycles. The zero-order valence-corrected chi connectivity index (χ0v) is 10.6. The summed E-state index contributed by atoms with van der Waals surface area (Å²) in [6, 6.07) is 1.78. The van der Waals surface area contributed by atoms with Crippen LogP contribution in [0.3, 0.4) is 0 Å². The van der Waals surface area contributed by atoms with Crippen LogP contribution >= 0.6 is 22.9 Å². The molecule has 1 amide bonds. The number of alkyl halides is 1. The van der Waals surface area contributed by atoms with Crippen LogP contribution in [0.1, 0.15) is 5.82 Å². The molecule has 0 saturated carbocycles. The Hall–Kier alpha value is -1.40. The number of thiophene rings is 1. The topological polar surface area (TPSA) is 66.1 Å². The normalized spacial score (nSPS) is 10.7. The molecular weight excluding hydrogens is 262 g/mol. The van der Waals surface area contributed by atoms with Gasteiger partial charge in [0, 0.05) is 7.05 Å². The van der Waals surface area contributed by atoms with Gasteiger partial charge in [0.15, 0.2) is 0 Å². The number of hydrogen-bond acceptors (Lipinski definition) is 4. The molecule has 90 valence electrons. The highest BCUT2D eigenvalue weighted by Gasteiger charge is 2.10. The molecule has 0 unspecified atom stereocenters. The highest BCUT2D eigenvalue weighted by molar-refractivity contribution is 7.17. The van der Waals surface area contributed by atoms with Crippen molar-refractivity contribution in [1.29, 1.82) is 0 Å². The molecule has 5 nitrogen and oxygen atoms in total. The number of carbonyl (C=O) groups is 1. The van der Waals surface area contributed by atoms with E-state index in [1.807, 2.05) is 5.38 Å². The fourth-order valence-electron chi connectivity index (χ4n) is 1.41. The van der Waals surface area contributed by atoms with E-state index in [4.69, 9.17) is 11.6 Å². The lowest BCUT2D eigenvalue weighted by molar-refractivity contribution is -0.127. The maximum absolute atomic E-state index is 11.7. The molecule has 0 spiro atoms. The van der Waals surface area contributed by atoms with Gasteiger partial charge in [-0.3, -0.25) is 9.59 Å². The number of hydrogen-bond donors (Lipinski definition) is 1. The summed E-state index contributed by atoms with van der Waals surface area (Å²) in [5.41, 5.74) is 0.479. The van der Waals surface area contributed by atoms with E-state index in [9.17, 15) is 9.59 Å². The summed E-state index contributed by atoms with van der Waals surface area (Å²) in [6.45, 7) is 0.243. The van der Waals surface area contributed by atoms with E-state index >= 15 is 0 Å². The number of nitrogens with one attached hydrogen (secondary N) is 1. The van der Waals surface area contributed by atoms with Crippen LogP contribution in [0, 0.1) is 0 Å². The van der Waals surface area contributed by atoms with Crippen molar-refractivity contribution in [3.8, 4) is 0 Å². The molecule has 0 radical (unpaired) electrons. The van der Waals surface area contributed by atoms with Gasteiger partial charge in [0.25, 0.3) is 5.56 Å². The zero-order valence-electron chi connectivity index (χ0n) is 9.07. The van der Waals surface area contributed by atoms with Crippen molar-refractivity contribution in [2.45, 2.75) is 6.54 Å². The second-order valence-electron chi connectivity index (χ2n) is 3.53. The fraction of sp³-hybridized carbons (Fsp3) is 0.300. The van der Waals surface area contributed by atoms with Gasteiger partial charge in [-0.2, -0.15) is 0 Å². The van der Waals surface area contributed by atoms with Crippen LogP contribution < -0.4 is 5.56 Å². The molecule has 0 bridgehead atoms. The van der Waals surface area contributed by atoms with Gasteiger partial charge in [0.1, 0.15) is 16.4 Å². The summed E-state index contributed by atoms with van der Waals surface area (Å²) in [5.74, 6) is 0.170. The number of aromatic nitrogens is 2. The van der Waals surface area contributed by atoms with Crippen molar-refractivity contribution in [1.82, 2.24) is 14.9 Å². The van der Waals surface area contributed by atoms with E-state index in [0.717, 1.165) is 0 Å². The third-order valence-electron chi connectivity index (χ3n) is 2.29. The van der Waals surface area contributed by atoms with Crippen molar-refractivity contribution in [3.05, 3.63) is 27.6 Å². The van der Waals surface area contributed by atoms with Crippen LogP contribution in [-0.2, 0) is 11.3 Å². The number of amides is 1. The molecule has 2 aromatic rings. The summed E-state index contributed by atoms with van der Waals surface area (Å²) in [4.78, 5) is 31.3.